The minimum Gasteiger partial charge on any atom is -0.299 e. The van der Waals surface area contributed by atoms with Crippen LogP contribution in [0.25, 0.3) is 0 Å². The van der Waals surface area contributed by atoms with Crippen LogP contribution in [0.2, 0.25) is 0 Å². The molecule has 0 amide bonds. The van der Waals surface area contributed by atoms with Crippen molar-refractivity contribution in [2.45, 2.75) is 33.6 Å². The van der Waals surface area contributed by atoms with E-state index in [0.29, 0.717) is 5.78 Å². The fraction of sp³-hybridized carbons (Fsp3) is 0.833. The summed E-state index contributed by atoms with van der Waals surface area (Å²) in [5.74, 6) is 4.15. The number of hydrogen-bond donors (Lipinski definition) is 0. The Kier molecular flexibility index (Phi) is 3.85. The topological polar surface area (TPSA) is 37.4 Å². The molecule has 3 nitrogen and oxygen atoms in total. The number of carbonyl (C=O) groups excluding carboxylic acids is 1. The maximum absolute atomic E-state index is 12.1. The fourth-order valence-electron chi connectivity index (χ4n) is 2.12. The Bertz CT molecular complexity index is 357. The molecule has 1 atom stereocenters. The van der Waals surface area contributed by atoms with E-state index in [9.17, 15) is 9.00 Å². The molecule has 0 spiro atoms. The lowest BCUT2D eigenvalue weighted by molar-refractivity contribution is -0.131. The van der Waals surface area contributed by atoms with Crippen molar-refractivity contribution in [1.29, 1.82) is 0 Å². The average Bonchev–Trinajstić information content (AvgIpc) is 2.14. The SMILES string of the molecule is C=S(C)(=O)N1CCC(C(=O)C(C)(C)C)CC1. The lowest BCUT2D eigenvalue weighted by atomic mass is 9.79. The van der Waals surface area contributed by atoms with Crippen LogP contribution >= 0.6 is 0 Å². The summed E-state index contributed by atoms with van der Waals surface area (Å²) in [6, 6.07) is 0. The van der Waals surface area contributed by atoms with Gasteiger partial charge in [-0.2, -0.15) is 0 Å². The van der Waals surface area contributed by atoms with Crippen LogP contribution in [0.1, 0.15) is 33.6 Å². The molecule has 0 aromatic rings. The first-order valence-corrected chi connectivity index (χ1v) is 7.83. The molecule has 1 rings (SSSR count). The van der Waals surface area contributed by atoms with Crippen LogP contribution in [-0.2, 0) is 14.5 Å². The Hall–Kier alpha value is -0.350. The highest BCUT2D eigenvalue weighted by Crippen LogP contribution is 2.28. The summed E-state index contributed by atoms with van der Waals surface area (Å²) in [6.07, 6.45) is 3.30. The van der Waals surface area contributed by atoms with Crippen LogP contribution in [0.5, 0.6) is 0 Å². The van der Waals surface area contributed by atoms with Crippen LogP contribution in [0.3, 0.4) is 0 Å². The molecule has 1 aliphatic heterocycles. The van der Waals surface area contributed by atoms with Gasteiger partial charge in [-0.1, -0.05) is 20.8 Å². The second-order valence-electron chi connectivity index (χ2n) is 5.78. The predicted octanol–water partition coefficient (Wildman–Crippen LogP) is 1.57. The number of rotatable bonds is 2. The predicted molar refractivity (Wildman–Crippen MR) is 69.9 cm³/mol. The largest absolute Gasteiger partial charge is 0.299 e. The number of nitrogens with zero attached hydrogens (tertiary/aromatic N) is 1. The van der Waals surface area contributed by atoms with Crippen molar-refractivity contribution in [3.63, 3.8) is 0 Å². The second kappa shape index (κ2) is 4.49. The summed E-state index contributed by atoms with van der Waals surface area (Å²) in [7, 11) is -2.09. The summed E-state index contributed by atoms with van der Waals surface area (Å²) in [6.45, 7) is 7.35. The van der Waals surface area contributed by atoms with Gasteiger partial charge in [0.05, 0.1) is 0 Å². The van der Waals surface area contributed by atoms with E-state index >= 15 is 0 Å². The van der Waals surface area contributed by atoms with Gasteiger partial charge in [-0.15, -0.1) is 0 Å². The molecule has 1 fully saturated rings. The Morgan fingerprint density at radius 2 is 1.75 bits per heavy atom. The fourth-order valence-corrected chi connectivity index (χ4v) is 3.10. The van der Waals surface area contributed by atoms with Gasteiger partial charge in [0.15, 0.2) is 0 Å². The average molecular weight is 245 g/mol. The van der Waals surface area contributed by atoms with Gasteiger partial charge in [0.1, 0.15) is 5.78 Å². The van der Waals surface area contributed by atoms with Gasteiger partial charge in [-0.3, -0.25) is 9.00 Å². The van der Waals surface area contributed by atoms with E-state index in [2.05, 4.69) is 5.87 Å². The van der Waals surface area contributed by atoms with Crippen molar-refractivity contribution in [3.8, 4) is 0 Å². The first-order chi connectivity index (χ1) is 7.12. The van der Waals surface area contributed by atoms with Gasteiger partial charge in [-0.05, 0) is 18.7 Å². The molecule has 0 N–H and O–H groups in total. The lowest BCUT2D eigenvalue weighted by Crippen LogP contribution is -2.41. The molecule has 1 aliphatic rings. The zero-order valence-corrected chi connectivity index (χ0v) is 11.6. The van der Waals surface area contributed by atoms with Crippen LogP contribution in [0.15, 0.2) is 0 Å². The zero-order chi connectivity index (χ0) is 12.6. The standard InChI is InChI=1S/C12H23NO2S/c1-12(2,3)11(14)10-6-8-13(9-7-10)16(4,5)15/h10H,4,6-9H2,1-3,5H3. The van der Waals surface area contributed by atoms with Gasteiger partial charge in [0.2, 0.25) is 0 Å². The van der Waals surface area contributed by atoms with E-state index < -0.39 is 9.71 Å². The van der Waals surface area contributed by atoms with E-state index in [4.69, 9.17) is 0 Å². The van der Waals surface area contributed by atoms with Gasteiger partial charge < -0.3 is 0 Å². The molecule has 0 radical (unpaired) electrons. The van der Waals surface area contributed by atoms with Gasteiger partial charge in [0, 0.05) is 40.4 Å². The Morgan fingerprint density at radius 1 is 1.31 bits per heavy atom. The maximum atomic E-state index is 12.1. The van der Waals surface area contributed by atoms with Crippen LogP contribution in [0.4, 0.5) is 0 Å². The first-order valence-electron chi connectivity index (χ1n) is 5.74. The molecule has 1 heterocycles. The van der Waals surface area contributed by atoms with E-state index in [-0.39, 0.29) is 11.3 Å². The number of ketones is 1. The molecule has 16 heavy (non-hydrogen) atoms. The van der Waals surface area contributed by atoms with E-state index in [1.807, 2.05) is 25.1 Å². The van der Waals surface area contributed by atoms with Crippen LogP contribution in [0, 0.1) is 11.3 Å². The molecule has 1 saturated heterocycles. The highest BCUT2D eigenvalue weighted by atomic mass is 32.2. The Morgan fingerprint density at radius 3 is 2.06 bits per heavy atom. The third kappa shape index (κ3) is 3.32. The molecule has 0 aromatic carbocycles. The van der Waals surface area contributed by atoms with E-state index in [1.54, 1.807) is 6.26 Å². The summed E-state index contributed by atoms with van der Waals surface area (Å²) >= 11 is 0. The number of piperidine rings is 1. The quantitative estimate of drug-likeness (QED) is 0.693. The molecular weight excluding hydrogens is 222 g/mol. The van der Waals surface area contributed by atoms with Crippen LogP contribution in [-0.4, -0.2) is 39.5 Å². The summed E-state index contributed by atoms with van der Waals surface area (Å²) in [5.41, 5.74) is -0.259. The van der Waals surface area contributed by atoms with E-state index in [1.165, 1.54) is 0 Å². The molecule has 1 unspecified atom stereocenters. The molecule has 94 valence electrons. The van der Waals surface area contributed by atoms with Crippen LogP contribution < -0.4 is 0 Å². The summed E-state index contributed by atoms with van der Waals surface area (Å²) in [4.78, 5) is 12.1. The van der Waals surface area contributed by atoms with Crippen molar-refractivity contribution < 1.29 is 9.00 Å². The number of carbonyl (C=O) groups is 1. The number of Topliss-reactive ketones (excluding diaryl/α,β-unsaturated/α-hetero) is 1. The summed E-state index contributed by atoms with van der Waals surface area (Å²) < 4.78 is 13.6. The molecule has 0 aliphatic carbocycles. The molecule has 4 heteroatoms. The zero-order valence-electron chi connectivity index (χ0n) is 10.8. The number of hydrogen-bond acceptors (Lipinski definition) is 2. The van der Waals surface area contributed by atoms with E-state index in [0.717, 1.165) is 25.9 Å². The van der Waals surface area contributed by atoms with Gasteiger partial charge in [0.25, 0.3) is 0 Å². The minimum absolute atomic E-state index is 0.137. The van der Waals surface area contributed by atoms with Gasteiger partial charge >= 0.3 is 0 Å². The Balaban J connectivity index is 2.60. The van der Waals surface area contributed by atoms with Crippen molar-refractivity contribution in [1.82, 2.24) is 4.31 Å². The maximum Gasteiger partial charge on any atom is 0.141 e. The normalized spacial score (nSPS) is 24.0. The van der Waals surface area contributed by atoms with Crippen molar-refractivity contribution >= 4 is 21.4 Å². The van der Waals surface area contributed by atoms with Crippen molar-refractivity contribution in [2.24, 2.45) is 11.3 Å². The monoisotopic (exact) mass is 245 g/mol. The van der Waals surface area contributed by atoms with Crippen molar-refractivity contribution in [2.75, 3.05) is 19.3 Å². The third-order valence-electron chi connectivity index (χ3n) is 3.11. The lowest BCUT2D eigenvalue weighted by Gasteiger charge is -2.34. The summed E-state index contributed by atoms with van der Waals surface area (Å²) in [5, 5.41) is 0. The minimum atomic E-state index is -2.09. The molecule has 0 saturated carbocycles. The molecule has 0 bridgehead atoms. The molecule has 0 aromatic heterocycles. The third-order valence-corrected chi connectivity index (χ3v) is 4.57. The first kappa shape index (κ1) is 13.7. The highest BCUT2D eigenvalue weighted by molar-refractivity contribution is 7.97. The highest BCUT2D eigenvalue weighted by Gasteiger charge is 2.32. The second-order valence-corrected chi connectivity index (χ2v) is 8.21. The molecular formula is C12H23NO2S. The van der Waals surface area contributed by atoms with Crippen molar-refractivity contribution in [3.05, 3.63) is 0 Å². The Labute approximate surface area is 99.4 Å². The smallest absolute Gasteiger partial charge is 0.141 e. The van der Waals surface area contributed by atoms with Gasteiger partial charge in [-0.25, -0.2) is 4.31 Å².